The minimum atomic E-state index is -0.701. The van der Waals surface area contributed by atoms with Crippen molar-refractivity contribution in [3.63, 3.8) is 0 Å². The molecule has 0 bridgehead atoms. The lowest BCUT2D eigenvalue weighted by atomic mass is 10.0. The quantitative estimate of drug-likeness (QED) is 0.730. The predicted octanol–water partition coefficient (Wildman–Crippen LogP) is 2.58. The number of hydrogen-bond donors (Lipinski definition) is 2. The maximum atomic E-state index is 10.7. The van der Waals surface area contributed by atoms with Crippen molar-refractivity contribution in [2.24, 2.45) is 5.92 Å². The van der Waals surface area contributed by atoms with Crippen LogP contribution in [0, 0.1) is 12.8 Å². The Hall–Kier alpha value is -1.36. The molecule has 1 heterocycles. The molecular weight excluding hydrogens is 254 g/mol. The smallest absolute Gasteiger partial charge is 0.306 e. The summed E-state index contributed by atoms with van der Waals surface area (Å²) in [7, 11) is 0. The summed E-state index contributed by atoms with van der Waals surface area (Å²) >= 11 is 0. The molecular formula is C15H27N3O2. The first-order valence-electron chi connectivity index (χ1n) is 7.43. The molecule has 0 amide bonds. The van der Waals surface area contributed by atoms with Gasteiger partial charge in [-0.05, 0) is 39.7 Å². The van der Waals surface area contributed by atoms with E-state index in [0.717, 1.165) is 38.0 Å². The van der Waals surface area contributed by atoms with Gasteiger partial charge in [0.05, 0.1) is 17.3 Å². The number of nitrogens with one attached hydrogen (secondary N) is 1. The van der Waals surface area contributed by atoms with Crippen molar-refractivity contribution in [2.75, 3.05) is 0 Å². The van der Waals surface area contributed by atoms with Gasteiger partial charge in [-0.1, -0.05) is 13.3 Å². The monoisotopic (exact) mass is 281 g/mol. The normalized spacial score (nSPS) is 14.2. The van der Waals surface area contributed by atoms with E-state index >= 15 is 0 Å². The number of aliphatic carboxylic acids is 1. The fourth-order valence-electron chi connectivity index (χ4n) is 2.25. The zero-order valence-electron chi connectivity index (χ0n) is 13.0. The molecule has 20 heavy (non-hydrogen) atoms. The molecule has 5 nitrogen and oxygen atoms in total. The van der Waals surface area contributed by atoms with Crippen LogP contribution in [0.1, 0.15) is 51.4 Å². The van der Waals surface area contributed by atoms with E-state index in [1.165, 1.54) is 5.69 Å². The number of hydrogen-bond acceptors (Lipinski definition) is 3. The van der Waals surface area contributed by atoms with E-state index < -0.39 is 5.97 Å². The lowest BCUT2D eigenvalue weighted by molar-refractivity contribution is -0.141. The second-order valence-electron chi connectivity index (χ2n) is 5.54. The molecule has 0 aliphatic heterocycles. The SMILES string of the molecule is CCn1nc(C)cc1CNC(C)CCCC(C)C(=O)O. The fraction of sp³-hybridized carbons (Fsp3) is 0.733. The van der Waals surface area contributed by atoms with Crippen LogP contribution in [0.5, 0.6) is 0 Å². The summed E-state index contributed by atoms with van der Waals surface area (Å²) in [6, 6.07) is 2.49. The third-order valence-corrected chi connectivity index (χ3v) is 3.61. The van der Waals surface area contributed by atoms with E-state index in [-0.39, 0.29) is 5.92 Å². The lowest BCUT2D eigenvalue weighted by Gasteiger charge is -2.15. The van der Waals surface area contributed by atoms with Crippen LogP contribution in [0.25, 0.3) is 0 Å². The molecule has 0 saturated carbocycles. The molecule has 0 fully saturated rings. The second kappa shape index (κ2) is 8.04. The van der Waals surface area contributed by atoms with Gasteiger partial charge in [0.15, 0.2) is 0 Å². The van der Waals surface area contributed by atoms with Crippen molar-refractivity contribution in [1.29, 1.82) is 0 Å². The van der Waals surface area contributed by atoms with Crippen molar-refractivity contribution in [3.05, 3.63) is 17.5 Å². The van der Waals surface area contributed by atoms with Gasteiger partial charge in [-0.25, -0.2) is 0 Å². The van der Waals surface area contributed by atoms with Crippen molar-refractivity contribution in [3.8, 4) is 0 Å². The second-order valence-corrected chi connectivity index (χ2v) is 5.54. The largest absolute Gasteiger partial charge is 0.481 e. The Bertz CT molecular complexity index is 429. The maximum absolute atomic E-state index is 10.7. The predicted molar refractivity (Wildman–Crippen MR) is 79.6 cm³/mol. The van der Waals surface area contributed by atoms with Gasteiger partial charge >= 0.3 is 5.97 Å². The van der Waals surface area contributed by atoms with Crippen molar-refractivity contribution in [2.45, 2.75) is 66.1 Å². The molecule has 1 aromatic rings. The van der Waals surface area contributed by atoms with Crippen LogP contribution in [-0.4, -0.2) is 26.9 Å². The van der Waals surface area contributed by atoms with E-state index in [0.29, 0.717) is 6.04 Å². The molecule has 2 unspecified atom stereocenters. The Balaban J connectivity index is 2.29. The van der Waals surface area contributed by atoms with Crippen LogP contribution < -0.4 is 5.32 Å². The summed E-state index contributed by atoms with van der Waals surface area (Å²) in [4.78, 5) is 10.7. The van der Waals surface area contributed by atoms with Crippen molar-refractivity contribution in [1.82, 2.24) is 15.1 Å². The summed E-state index contributed by atoms with van der Waals surface area (Å²) in [5.41, 5.74) is 2.25. The number of carbonyl (C=O) groups is 1. The maximum Gasteiger partial charge on any atom is 0.306 e. The summed E-state index contributed by atoms with van der Waals surface area (Å²) in [6.45, 7) is 9.70. The molecule has 0 aromatic carbocycles. The van der Waals surface area contributed by atoms with Crippen molar-refractivity contribution >= 4 is 5.97 Å². The number of nitrogens with zero attached hydrogens (tertiary/aromatic N) is 2. The Kier molecular flexibility index (Phi) is 6.71. The Labute approximate surface area is 121 Å². The molecule has 0 spiro atoms. The topological polar surface area (TPSA) is 67.2 Å². The van der Waals surface area contributed by atoms with E-state index in [4.69, 9.17) is 5.11 Å². The van der Waals surface area contributed by atoms with Crippen LogP contribution in [-0.2, 0) is 17.9 Å². The van der Waals surface area contributed by atoms with Gasteiger partial charge in [0.2, 0.25) is 0 Å². The van der Waals surface area contributed by atoms with Gasteiger partial charge in [-0.15, -0.1) is 0 Å². The summed E-state index contributed by atoms with van der Waals surface area (Å²) in [5, 5.41) is 16.7. The highest BCUT2D eigenvalue weighted by Crippen LogP contribution is 2.10. The number of carboxylic acids is 1. The number of aromatic nitrogens is 2. The van der Waals surface area contributed by atoms with Gasteiger partial charge < -0.3 is 10.4 Å². The van der Waals surface area contributed by atoms with Gasteiger partial charge in [-0.3, -0.25) is 9.48 Å². The van der Waals surface area contributed by atoms with Crippen LogP contribution in [0.4, 0.5) is 0 Å². The minimum absolute atomic E-state index is 0.244. The molecule has 1 aromatic heterocycles. The first kappa shape index (κ1) is 16.7. The zero-order valence-corrected chi connectivity index (χ0v) is 13.0. The third-order valence-electron chi connectivity index (χ3n) is 3.61. The van der Waals surface area contributed by atoms with Crippen LogP contribution in [0.15, 0.2) is 6.07 Å². The average molecular weight is 281 g/mol. The molecule has 2 N–H and O–H groups in total. The standard InChI is InChI=1S/C15H27N3O2/c1-5-18-14(9-13(4)17-18)10-16-12(3)8-6-7-11(2)15(19)20/h9,11-12,16H,5-8,10H2,1-4H3,(H,19,20). The van der Waals surface area contributed by atoms with Gasteiger partial charge in [0.25, 0.3) is 0 Å². The number of aryl methyl sites for hydroxylation is 2. The molecule has 0 aliphatic carbocycles. The third kappa shape index (κ3) is 5.33. The van der Waals surface area contributed by atoms with E-state index in [1.807, 2.05) is 11.6 Å². The minimum Gasteiger partial charge on any atom is -0.481 e. The van der Waals surface area contributed by atoms with Gasteiger partial charge in [-0.2, -0.15) is 5.10 Å². The summed E-state index contributed by atoms with van der Waals surface area (Å²) < 4.78 is 2.02. The lowest BCUT2D eigenvalue weighted by Crippen LogP contribution is -2.27. The first-order valence-corrected chi connectivity index (χ1v) is 7.43. The number of carboxylic acid groups (broad SMARTS) is 1. The average Bonchev–Trinajstić information content (AvgIpc) is 2.76. The van der Waals surface area contributed by atoms with Gasteiger partial charge in [0, 0.05) is 19.1 Å². The van der Waals surface area contributed by atoms with Crippen molar-refractivity contribution < 1.29 is 9.90 Å². The number of rotatable bonds is 9. The summed E-state index contributed by atoms with van der Waals surface area (Å²) in [6.07, 6.45) is 2.68. The molecule has 0 radical (unpaired) electrons. The van der Waals surface area contributed by atoms with Crippen LogP contribution in [0.2, 0.25) is 0 Å². The molecule has 2 atom stereocenters. The van der Waals surface area contributed by atoms with E-state index in [9.17, 15) is 4.79 Å². The molecule has 0 saturated heterocycles. The molecule has 114 valence electrons. The van der Waals surface area contributed by atoms with Crippen LogP contribution in [0.3, 0.4) is 0 Å². The molecule has 0 aliphatic rings. The van der Waals surface area contributed by atoms with Crippen LogP contribution >= 0.6 is 0 Å². The highest BCUT2D eigenvalue weighted by Gasteiger charge is 2.11. The van der Waals surface area contributed by atoms with E-state index in [2.05, 4.69) is 30.3 Å². The Morgan fingerprint density at radius 2 is 2.15 bits per heavy atom. The van der Waals surface area contributed by atoms with E-state index in [1.54, 1.807) is 6.92 Å². The Morgan fingerprint density at radius 3 is 2.75 bits per heavy atom. The zero-order chi connectivity index (χ0) is 15.1. The highest BCUT2D eigenvalue weighted by molar-refractivity contribution is 5.69. The summed E-state index contributed by atoms with van der Waals surface area (Å²) in [5.74, 6) is -0.945. The Morgan fingerprint density at radius 1 is 1.45 bits per heavy atom. The first-order chi connectivity index (χ1) is 9.43. The van der Waals surface area contributed by atoms with Gasteiger partial charge in [0.1, 0.15) is 0 Å². The molecule has 1 rings (SSSR count). The highest BCUT2D eigenvalue weighted by atomic mass is 16.4. The molecule has 5 heteroatoms. The fourth-order valence-corrected chi connectivity index (χ4v) is 2.25.